The molecular weight excluding hydrogens is 258 g/mol. The van der Waals surface area contributed by atoms with E-state index in [0.717, 1.165) is 24.8 Å². The van der Waals surface area contributed by atoms with Crippen molar-refractivity contribution in [2.45, 2.75) is 65.5 Å². The molecule has 1 aliphatic carbocycles. The first-order valence-corrected chi connectivity index (χ1v) is 8.63. The monoisotopic (exact) mass is 289 g/mol. The van der Waals surface area contributed by atoms with Gasteiger partial charge in [-0.25, -0.2) is 0 Å². The van der Waals surface area contributed by atoms with Crippen molar-refractivity contribution in [2.24, 2.45) is 11.8 Å². The summed E-state index contributed by atoms with van der Waals surface area (Å²) < 4.78 is 6.19. The SMILES string of the molecule is CCC1CCC(Oc2cccc(CNCC(C)C)c2)CC1. The Hall–Kier alpha value is -1.02. The third kappa shape index (κ3) is 5.70. The first-order chi connectivity index (χ1) is 10.2. The van der Waals surface area contributed by atoms with Crippen LogP contribution in [0.3, 0.4) is 0 Å². The van der Waals surface area contributed by atoms with E-state index < -0.39 is 0 Å². The van der Waals surface area contributed by atoms with E-state index >= 15 is 0 Å². The number of hydrogen-bond acceptors (Lipinski definition) is 2. The van der Waals surface area contributed by atoms with Crippen LogP contribution in [0.4, 0.5) is 0 Å². The number of ether oxygens (including phenoxy) is 1. The van der Waals surface area contributed by atoms with E-state index in [1.165, 1.54) is 37.7 Å². The Labute approximate surface area is 130 Å². The van der Waals surface area contributed by atoms with Gasteiger partial charge in [-0.05, 0) is 61.8 Å². The predicted octanol–water partition coefficient (Wildman–Crippen LogP) is 4.78. The van der Waals surface area contributed by atoms with E-state index in [0.29, 0.717) is 12.0 Å². The van der Waals surface area contributed by atoms with Gasteiger partial charge in [-0.1, -0.05) is 39.3 Å². The highest BCUT2D eigenvalue weighted by atomic mass is 16.5. The van der Waals surface area contributed by atoms with Crippen LogP contribution in [0.25, 0.3) is 0 Å². The maximum Gasteiger partial charge on any atom is 0.120 e. The van der Waals surface area contributed by atoms with Gasteiger partial charge in [-0.15, -0.1) is 0 Å². The lowest BCUT2D eigenvalue weighted by Crippen LogP contribution is -2.24. The second kappa shape index (κ2) is 8.43. The van der Waals surface area contributed by atoms with Gasteiger partial charge in [0, 0.05) is 6.54 Å². The van der Waals surface area contributed by atoms with Crippen LogP contribution in [0.15, 0.2) is 24.3 Å². The fourth-order valence-corrected chi connectivity index (χ4v) is 3.08. The van der Waals surface area contributed by atoms with E-state index in [9.17, 15) is 0 Å². The summed E-state index contributed by atoms with van der Waals surface area (Å²) in [5, 5.41) is 3.49. The van der Waals surface area contributed by atoms with Crippen LogP contribution < -0.4 is 10.1 Å². The molecule has 2 nitrogen and oxygen atoms in total. The molecule has 0 atom stereocenters. The molecule has 1 aromatic carbocycles. The summed E-state index contributed by atoms with van der Waals surface area (Å²) >= 11 is 0. The van der Waals surface area contributed by atoms with Gasteiger partial charge in [0.05, 0.1) is 6.10 Å². The highest BCUT2D eigenvalue weighted by Gasteiger charge is 2.21. The van der Waals surface area contributed by atoms with Crippen molar-refractivity contribution in [3.63, 3.8) is 0 Å². The molecule has 0 unspecified atom stereocenters. The van der Waals surface area contributed by atoms with Crippen LogP contribution in [-0.4, -0.2) is 12.6 Å². The number of benzene rings is 1. The fourth-order valence-electron chi connectivity index (χ4n) is 3.08. The number of nitrogens with one attached hydrogen (secondary N) is 1. The zero-order valence-electron chi connectivity index (χ0n) is 13.9. The number of rotatable bonds is 7. The van der Waals surface area contributed by atoms with E-state index in [4.69, 9.17) is 4.74 Å². The van der Waals surface area contributed by atoms with Gasteiger partial charge in [0.25, 0.3) is 0 Å². The standard InChI is InChI=1S/C19H31NO/c1-4-16-8-10-18(11-9-16)21-19-7-5-6-17(12-19)14-20-13-15(2)3/h5-7,12,15-16,18,20H,4,8-11,13-14H2,1-3H3. The minimum atomic E-state index is 0.423. The normalized spacial score (nSPS) is 22.5. The molecule has 0 aliphatic heterocycles. The zero-order valence-corrected chi connectivity index (χ0v) is 13.9. The Kier molecular flexibility index (Phi) is 6.56. The van der Waals surface area contributed by atoms with Crippen LogP contribution in [-0.2, 0) is 6.54 Å². The zero-order chi connectivity index (χ0) is 15.1. The highest BCUT2D eigenvalue weighted by molar-refractivity contribution is 5.28. The van der Waals surface area contributed by atoms with Crippen molar-refractivity contribution in [3.05, 3.63) is 29.8 Å². The minimum absolute atomic E-state index is 0.423. The highest BCUT2D eigenvalue weighted by Crippen LogP contribution is 2.29. The molecule has 21 heavy (non-hydrogen) atoms. The molecule has 1 N–H and O–H groups in total. The van der Waals surface area contributed by atoms with Gasteiger partial charge >= 0.3 is 0 Å². The molecule has 2 heteroatoms. The summed E-state index contributed by atoms with van der Waals surface area (Å²) in [6.45, 7) is 8.77. The summed E-state index contributed by atoms with van der Waals surface area (Å²) in [6, 6.07) is 8.57. The quantitative estimate of drug-likeness (QED) is 0.780. The van der Waals surface area contributed by atoms with E-state index in [1.54, 1.807) is 0 Å². The molecular formula is C19H31NO. The maximum absolute atomic E-state index is 6.19. The van der Waals surface area contributed by atoms with Crippen LogP contribution in [0.1, 0.15) is 58.4 Å². The molecule has 118 valence electrons. The summed E-state index contributed by atoms with van der Waals surface area (Å²) in [5.41, 5.74) is 1.32. The molecule has 1 aromatic rings. The Balaban J connectivity index is 1.81. The van der Waals surface area contributed by atoms with Crippen molar-refractivity contribution >= 4 is 0 Å². The van der Waals surface area contributed by atoms with Crippen molar-refractivity contribution in [3.8, 4) is 5.75 Å². The lowest BCUT2D eigenvalue weighted by molar-refractivity contribution is 0.130. The Morgan fingerprint density at radius 3 is 2.62 bits per heavy atom. The predicted molar refractivity (Wildman–Crippen MR) is 89.7 cm³/mol. The first kappa shape index (κ1) is 16.4. The molecule has 1 saturated carbocycles. The van der Waals surface area contributed by atoms with Crippen molar-refractivity contribution < 1.29 is 4.74 Å². The van der Waals surface area contributed by atoms with Gasteiger partial charge in [0.1, 0.15) is 5.75 Å². The summed E-state index contributed by atoms with van der Waals surface area (Å²) in [5.74, 6) is 2.66. The van der Waals surface area contributed by atoms with Gasteiger partial charge in [-0.3, -0.25) is 0 Å². The molecule has 0 amide bonds. The van der Waals surface area contributed by atoms with Crippen molar-refractivity contribution in [1.82, 2.24) is 5.32 Å². The van der Waals surface area contributed by atoms with Crippen molar-refractivity contribution in [2.75, 3.05) is 6.54 Å². The fraction of sp³-hybridized carbons (Fsp3) is 0.684. The molecule has 1 fully saturated rings. The largest absolute Gasteiger partial charge is 0.490 e. The van der Waals surface area contributed by atoms with Gasteiger partial charge in [-0.2, -0.15) is 0 Å². The smallest absolute Gasteiger partial charge is 0.120 e. The van der Waals surface area contributed by atoms with Crippen LogP contribution >= 0.6 is 0 Å². The van der Waals surface area contributed by atoms with E-state index in [-0.39, 0.29) is 0 Å². The molecule has 0 spiro atoms. The van der Waals surface area contributed by atoms with Gasteiger partial charge in [0.2, 0.25) is 0 Å². The average molecular weight is 289 g/mol. The van der Waals surface area contributed by atoms with E-state index in [1.807, 2.05) is 0 Å². The third-order valence-corrected chi connectivity index (χ3v) is 4.45. The molecule has 0 bridgehead atoms. The lowest BCUT2D eigenvalue weighted by atomic mass is 9.86. The first-order valence-electron chi connectivity index (χ1n) is 8.63. The molecule has 1 aliphatic rings. The second-order valence-corrected chi connectivity index (χ2v) is 6.84. The number of hydrogen-bond donors (Lipinski definition) is 1. The van der Waals surface area contributed by atoms with E-state index in [2.05, 4.69) is 50.4 Å². The van der Waals surface area contributed by atoms with Gasteiger partial charge < -0.3 is 10.1 Å². The maximum atomic E-state index is 6.19. The van der Waals surface area contributed by atoms with Crippen LogP contribution in [0, 0.1) is 11.8 Å². The molecule has 0 radical (unpaired) electrons. The summed E-state index contributed by atoms with van der Waals surface area (Å²) in [4.78, 5) is 0. The van der Waals surface area contributed by atoms with Crippen LogP contribution in [0.2, 0.25) is 0 Å². The summed E-state index contributed by atoms with van der Waals surface area (Å²) in [7, 11) is 0. The minimum Gasteiger partial charge on any atom is -0.490 e. The average Bonchev–Trinajstić information content (AvgIpc) is 2.48. The Bertz CT molecular complexity index is 408. The summed E-state index contributed by atoms with van der Waals surface area (Å²) in [6.07, 6.45) is 6.84. The van der Waals surface area contributed by atoms with Crippen molar-refractivity contribution in [1.29, 1.82) is 0 Å². The van der Waals surface area contributed by atoms with Gasteiger partial charge in [0.15, 0.2) is 0 Å². The topological polar surface area (TPSA) is 21.3 Å². The lowest BCUT2D eigenvalue weighted by Gasteiger charge is -2.28. The molecule has 0 heterocycles. The molecule has 2 rings (SSSR count). The third-order valence-electron chi connectivity index (χ3n) is 4.45. The van der Waals surface area contributed by atoms with Crippen LogP contribution in [0.5, 0.6) is 5.75 Å². The second-order valence-electron chi connectivity index (χ2n) is 6.84. The molecule has 0 saturated heterocycles. The Morgan fingerprint density at radius 1 is 1.19 bits per heavy atom. The molecule has 0 aromatic heterocycles. The Morgan fingerprint density at radius 2 is 1.95 bits per heavy atom.